The van der Waals surface area contributed by atoms with E-state index >= 15 is 0 Å². The van der Waals surface area contributed by atoms with Crippen molar-refractivity contribution in [3.63, 3.8) is 0 Å². The number of ether oxygens (including phenoxy) is 2. The fraction of sp³-hybridized carbons (Fsp3) is 0.529. The molecule has 17 heteroatoms. The number of esters is 2. The van der Waals surface area contributed by atoms with Crippen LogP contribution in [0.5, 0.6) is 5.75 Å². The number of halogens is 6. The standard InChI is InChI=1S/C17H21B3F6O7S/c18-7-9-5-10(19)6-11(20)14(9)32-12(27)3-1-2-4-13(28)33-15(16(21,22)23,17(24,25)26)8-34(29,30)31/h5-6H,1-4,7-8,18-20H2,(H,29,30,31). The Morgan fingerprint density at radius 3 is 1.88 bits per heavy atom. The number of rotatable bonds is 10. The minimum absolute atomic E-state index is 0.135. The van der Waals surface area contributed by atoms with E-state index in [4.69, 9.17) is 9.29 Å². The SMILES string of the molecule is BCc1cc(B)cc(B)c1OC(=O)CCCCC(=O)OC(CS(=O)(=O)O)(C(F)(F)F)C(F)(F)F. The number of hydrogen-bond acceptors (Lipinski definition) is 6. The molecule has 1 aromatic rings. The van der Waals surface area contributed by atoms with Gasteiger partial charge in [-0.3, -0.25) is 14.1 Å². The third kappa shape index (κ3) is 7.96. The van der Waals surface area contributed by atoms with Crippen molar-refractivity contribution in [1.82, 2.24) is 0 Å². The highest BCUT2D eigenvalue weighted by atomic mass is 32.2. The van der Waals surface area contributed by atoms with Crippen LogP contribution in [0.3, 0.4) is 0 Å². The number of carbonyl (C=O) groups excluding carboxylic acids is 2. The van der Waals surface area contributed by atoms with Gasteiger partial charge in [0.05, 0.1) is 0 Å². The number of alkyl halides is 6. The highest BCUT2D eigenvalue weighted by molar-refractivity contribution is 7.85. The summed E-state index contributed by atoms with van der Waals surface area (Å²) in [6.45, 7) is 0. The molecule has 0 heterocycles. The van der Waals surface area contributed by atoms with E-state index in [-0.39, 0.29) is 19.3 Å². The van der Waals surface area contributed by atoms with E-state index in [1.807, 2.05) is 21.8 Å². The lowest BCUT2D eigenvalue weighted by molar-refractivity contribution is -0.361. The second-order valence-electron chi connectivity index (χ2n) is 7.63. The molecule has 34 heavy (non-hydrogen) atoms. The Hall–Kier alpha value is -2.16. The molecule has 0 spiro atoms. The van der Waals surface area contributed by atoms with Crippen LogP contribution in [0.4, 0.5) is 26.3 Å². The normalized spacial score (nSPS) is 12.9. The van der Waals surface area contributed by atoms with Crippen LogP contribution in [-0.4, -0.2) is 72.2 Å². The summed E-state index contributed by atoms with van der Waals surface area (Å²) < 4.78 is 118. The Labute approximate surface area is 194 Å². The first-order chi connectivity index (χ1) is 15.3. The van der Waals surface area contributed by atoms with Gasteiger partial charge in [-0.25, -0.2) is 0 Å². The molecule has 0 aliphatic carbocycles. The Kier molecular flexibility index (Phi) is 9.72. The molecule has 0 amide bonds. The average Bonchev–Trinajstić information content (AvgIpc) is 2.63. The number of benzene rings is 1. The van der Waals surface area contributed by atoms with Crippen molar-refractivity contribution in [2.45, 2.75) is 50.0 Å². The summed E-state index contributed by atoms with van der Waals surface area (Å²) in [5, 5.41) is 0. The molecule has 0 unspecified atom stereocenters. The molecule has 0 fully saturated rings. The first kappa shape index (κ1) is 29.9. The molecule has 0 saturated heterocycles. The zero-order chi connectivity index (χ0) is 26.5. The Morgan fingerprint density at radius 2 is 1.44 bits per heavy atom. The van der Waals surface area contributed by atoms with Gasteiger partial charge < -0.3 is 9.47 Å². The van der Waals surface area contributed by atoms with Gasteiger partial charge in [-0.05, 0) is 23.9 Å². The molecule has 0 aliphatic rings. The topological polar surface area (TPSA) is 107 Å². The molecule has 0 aliphatic heterocycles. The van der Waals surface area contributed by atoms with Crippen LogP contribution < -0.4 is 15.7 Å². The molecular weight excluding hydrogens is 495 g/mol. The summed E-state index contributed by atoms with van der Waals surface area (Å²) >= 11 is 0. The lowest BCUT2D eigenvalue weighted by Gasteiger charge is -2.35. The number of carbonyl (C=O) groups is 2. The first-order valence-corrected chi connectivity index (χ1v) is 11.5. The summed E-state index contributed by atoms with van der Waals surface area (Å²) in [6.07, 6.45) is -14.0. The maximum absolute atomic E-state index is 13.1. The van der Waals surface area contributed by atoms with E-state index in [9.17, 15) is 44.3 Å². The fourth-order valence-corrected chi connectivity index (χ4v) is 4.03. The minimum atomic E-state index is -6.39. The van der Waals surface area contributed by atoms with E-state index in [0.717, 1.165) is 11.0 Å². The van der Waals surface area contributed by atoms with Crippen molar-refractivity contribution in [3.8, 4) is 5.75 Å². The van der Waals surface area contributed by atoms with Gasteiger partial charge in [0.15, 0.2) is 0 Å². The second kappa shape index (κ2) is 11.1. The Balaban J connectivity index is 2.79. The van der Waals surface area contributed by atoms with Crippen LogP contribution in [-0.2, 0) is 30.8 Å². The summed E-state index contributed by atoms with van der Waals surface area (Å²) in [4.78, 5) is 23.8. The number of unbranched alkanes of at least 4 members (excludes halogenated alkanes) is 1. The van der Waals surface area contributed by atoms with Gasteiger partial charge in [0.25, 0.3) is 10.1 Å². The summed E-state index contributed by atoms with van der Waals surface area (Å²) in [7, 11) is -0.415. The van der Waals surface area contributed by atoms with E-state index in [1.165, 1.54) is 0 Å². The molecule has 7 nitrogen and oxygen atoms in total. The monoisotopic (exact) mass is 516 g/mol. The van der Waals surface area contributed by atoms with Gasteiger partial charge in [0, 0.05) is 12.8 Å². The van der Waals surface area contributed by atoms with Crippen molar-refractivity contribution in [2.24, 2.45) is 0 Å². The molecule has 188 valence electrons. The van der Waals surface area contributed by atoms with Gasteiger partial charge in [-0.1, -0.05) is 23.9 Å². The maximum Gasteiger partial charge on any atom is 0.438 e. The predicted octanol–water partition coefficient (Wildman–Crippen LogP) is -0.903. The molecular formula is C17H21B3F6O7S. The molecule has 0 bridgehead atoms. The van der Waals surface area contributed by atoms with Crippen LogP contribution in [0.25, 0.3) is 0 Å². The van der Waals surface area contributed by atoms with Gasteiger partial charge in [-0.15, -0.1) is 0 Å². The predicted molar refractivity (Wildman–Crippen MR) is 116 cm³/mol. The van der Waals surface area contributed by atoms with E-state index < -0.39 is 52.2 Å². The molecule has 0 atom stereocenters. The van der Waals surface area contributed by atoms with Crippen LogP contribution in [0.2, 0.25) is 0 Å². The van der Waals surface area contributed by atoms with Crippen molar-refractivity contribution in [3.05, 3.63) is 17.7 Å². The van der Waals surface area contributed by atoms with Crippen LogP contribution in [0.1, 0.15) is 31.2 Å². The van der Waals surface area contributed by atoms with Crippen molar-refractivity contribution in [2.75, 3.05) is 5.75 Å². The highest BCUT2D eigenvalue weighted by Gasteiger charge is 2.75. The maximum atomic E-state index is 13.1. The van der Waals surface area contributed by atoms with Crippen LogP contribution in [0, 0.1) is 0 Å². The quantitative estimate of drug-likeness (QED) is 0.107. The van der Waals surface area contributed by atoms with Gasteiger partial charge in [0.2, 0.25) is 0 Å². The van der Waals surface area contributed by atoms with Crippen molar-refractivity contribution >= 4 is 56.5 Å². The zero-order valence-electron chi connectivity index (χ0n) is 18.5. The average molecular weight is 516 g/mol. The zero-order valence-corrected chi connectivity index (χ0v) is 19.3. The third-order valence-corrected chi connectivity index (χ3v) is 5.47. The van der Waals surface area contributed by atoms with E-state index in [2.05, 4.69) is 4.74 Å². The molecule has 0 radical (unpaired) electrons. The largest absolute Gasteiger partial charge is 0.438 e. The van der Waals surface area contributed by atoms with E-state index in [1.54, 1.807) is 13.9 Å². The Morgan fingerprint density at radius 1 is 0.941 bits per heavy atom. The van der Waals surface area contributed by atoms with Gasteiger partial charge >= 0.3 is 29.9 Å². The highest BCUT2D eigenvalue weighted by Crippen LogP contribution is 2.47. The number of hydrogen-bond donors (Lipinski definition) is 1. The smallest absolute Gasteiger partial charge is 0.438 e. The van der Waals surface area contributed by atoms with E-state index in [0.29, 0.717) is 17.5 Å². The van der Waals surface area contributed by atoms with Crippen LogP contribution >= 0.6 is 0 Å². The third-order valence-electron chi connectivity index (χ3n) is 4.69. The second-order valence-corrected chi connectivity index (χ2v) is 9.08. The minimum Gasteiger partial charge on any atom is -0.438 e. The Bertz CT molecular complexity index is 998. The summed E-state index contributed by atoms with van der Waals surface area (Å²) in [5.74, 6) is -5.32. The van der Waals surface area contributed by atoms with Gasteiger partial charge in [0.1, 0.15) is 35.0 Å². The lowest BCUT2D eigenvalue weighted by Crippen LogP contribution is -2.63. The van der Waals surface area contributed by atoms with Crippen molar-refractivity contribution in [1.29, 1.82) is 0 Å². The molecule has 1 aromatic carbocycles. The lowest BCUT2D eigenvalue weighted by atomic mass is 9.81. The van der Waals surface area contributed by atoms with Gasteiger partial charge in [-0.2, -0.15) is 34.8 Å². The first-order valence-electron chi connectivity index (χ1n) is 9.94. The molecule has 0 saturated carbocycles. The van der Waals surface area contributed by atoms with Crippen LogP contribution in [0.15, 0.2) is 12.1 Å². The summed E-state index contributed by atoms with van der Waals surface area (Å²) in [5.41, 5.74) is -3.02. The molecule has 1 rings (SSSR count). The molecule has 1 N–H and O–H groups in total. The fourth-order valence-electron chi connectivity index (χ4n) is 3.13. The van der Waals surface area contributed by atoms with Crippen molar-refractivity contribution < 1.29 is 58.4 Å². The molecule has 0 aromatic heterocycles. The summed E-state index contributed by atoms with van der Waals surface area (Å²) in [6, 6.07) is 3.61.